The summed E-state index contributed by atoms with van der Waals surface area (Å²) in [4.78, 5) is 13.4. The lowest BCUT2D eigenvalue weighted by atomic mass is 10.3. The molecule has 5 nitrogen and oxygen atoms in total. The van der Waals surface area contributed by atoms with E-state index in [0.29, 0.717) is 30.1 Å². The van der Waals surface area contributed by atoms with Crippen LogP contribution in [0.4, 0.5) is 5.69 Å². The molecule has 7 heteroatoms. The second-order valence-electron chi connectivity index (χ2n) is 4.26. The van der Waals surface area contributed by atoms with Gasteiger partial charge in [0.05, 0.1) is 16.8 Å². The third-order valence-corrected chi connectivity index (χ3v) is 5.12. The smallest absolute Gasteiger partial charge is 0.261 e. The quantitative estimate of drug-likeness (QED) is 0.905. The molecule has 0 saturated carbocycles. The van der Waals surface area contributed by atoms with E-state index in [1.165, 1.54) is 21.9 Å². The summed E-state index contributed by atoms with van der Waals surface area (Å²) in [6, 6.07) is 1.68. The number of carbonyl (C=O) groups excluding carboxylic acids is 1. The molecule has 0 saturated heterocycles. The summed E-state index contributed by atoms with van der Waals surface area (Å²) in [7, 11) is -3.24. The van der Waals surface area contributed by atoms with Crippen molar-refractivity contribution in [2.24, 2.45) is 0 Å². The van der Waals surface area contributed by atoms with Crippen molar-refractivity contribution >= 4 is 33.0 Å². The molecular formula is C11H16N2O3S2. The number of nitrogens with zero attached hydrogens (tertiary/aromatic N) is 1. The molecule has 1 aromatic heterocycles. The third kappa shape index (κ3) is 2.51. The van der Waals surface area contributed by atoms with Gasteiger partial charge in [-0.1, -0.05) is 6.92 Å². The van der Waals surface area contributed by atoms with E-state index in [9.17, 15) is 13.2 Å². The molecule has 100 valence electrons. The van der Waals surface area contributed by atoms with Gasteiger partial charge >= 0.3 is 0 Å². The van der Waals surface area contributed by atoms with E-state index in [-0.39, 0.29) is 5.91 Å². The Kier molecular flexibility index (Phi) is 3.63. The number of thiophene rings is 1. The zero-order valence-corrected chi connectivity index (χ0v) is 12.0. The normalized spacial score (nSPS) is 14.7. The molecular weight excluding hydrogens is 272 g/mol. The van der Waals surface area contributed by atoms with Gasteiger partial charge in [0, 0.05) is 24.4 Å². The van der Waals surface area contributed by atoms with E-state index < -0.39 is 10.0 Å². The monoisotopic (exact) mass is 288 g/mol. The number of sulfonamides is 1. The Morgan fingerprint density at radius 3 is 2.89 bits per heavy atom. The molecule has 0 spiro atoms. The molecule has 1 N–H and O–H groups in total. The minimum atomic E-state index is -3.24. The largest absolute Gasteiger partial charge is 0.351 e. The maximum absolute atomic E-state index is 11.8. The Morgan fingerprint density at radius 1 is 1.56 bits per heavy atom. The lowest BCUT2D eigenvalue weighted by Crippen LogP contribution is -2.28. The van der Waals surface area contributed by atoms with Crippen LogP contribution >= 0.6 is 11.3 Å². The van der Waals surface area contributed by atoms with Crippen molar-refractivity contribution in [3.63, 3.8) is 0 Å². The Labute approximate surface area is 111 Å². The lowest BCUT2D eigenvalue weighted by Gasteiger charge is -2.14. The summed E-state index contributed by atoms with van der Waals surface area (Å²) >= 11 is 1.38. The second-order valence-corrected chi connectivity index (χ2v) is 7.30. The van der Waals surface area contributed by atoms with Crippen LogP contribution in [0.15, 0.2) is 6.07 Å². The van der Waals surface area contributed by atoms with E-state index in [2.05, 4.69) is 5.32 Å². The number of anilines is 1. The zero-order valence-electron chi connectivity index (χ0n) is 10.4. The predicted octanol–water partition coefficient (Wildman–Crippen LogP) is 1.21. The van der Waals surface area contributed by atoms with Gasteiger partial charge in [0.25, 0.3) is 5.91 Å². The van der Waals surface area contributed by atoms with Gasteiger partial charge < -0.3 is 5.32 Å². The van der Waals surface area contributed by atoms with Crippen molar-refractivity contribution < 1.29 is 13.2 Å². The van der Waals surface area contributed by atoms with Crippen LogP contribution in [-0.4, -0.2) is 33.7 Å². The van der Waals surface area contributed by atoms with Crippen molar-refractivity contribution in [3.05, 3.63) is 15.8 Å². The zero-order chi connectivity index (χ0) is 13.3. The van der Waals surface area contributed by atoms with E-state index in [1.807, 2.05) is 6.92 Å². The molecule has 0 aliphatic carbocycles. The van der Waals surface area contributed by atoms with Gasteiger partial charge in [-0.05, 0) is 12.5 Å². The van der Waals surface area contributed by atoms with E-state index in [0.717, 1.165) is 11.3 Å². The molecule has 0 radical (unpaired) electrons. The third-order valence-electron chi connectivity index (χ3n) is 2.76. The fourth-order valence-electron chi connectivity index (χ4n) is 1.91. The topological polar surface area (TPSA) is 66.5 Å². The number of fused-ring (bicyclic) bond motifs is 1. The Hall–Kier alpha value is -1.08. The number of nitrogens with one attached hydrogen (secondary N) is 1. The molecule has 0 unspecified atom stereocenters. The van der Waals surface area contributed by atoms with Crippen molar-refractivity contribution in [3.8, 4) is 0 Å². The number of hydrogen-bond donors (Lipinski definition) is 1. The van der Waals surface area contributed by atoms with E-state index in [1.54, 1.807) is 6.07 Å². The highest BCUT2D eigenvalue weighted by Crippen LogP contribution is 2.37. The van der Waals surface area contributed by atoms with E-state index >= 15 is 0 Å². The van der Waals surface area contributed by atoms with Gasteiger partial charge in [-0.3, -0.25) is 9.10 Å². The molecule has 1 aliphatic heterocycles. The minimum Gasteiger partial charge on any atom is -0.351 e. The number of amides is 1. The molecule has 0 bridgehead atoms. The number of rotatable bonds is 4. The predicted molar refractivity (Wildman–Crippen MR) is 72.8 cm³/mol. The van der Waals surface area contributed by atoms with Gasteiger partial charge in [0.1, 0.15) is 0 Å². The first kappa shape index (κ1) is 13.4. The SMILES string of the molecule is CCCNC(=O)c1cc2c(s1)CCN2S(C)(=O)=O. The molecule has 18 heavy (non-hydrogen) atoms. The average molecular weight is 288 g/mol. The molecule has 1 amide bonds. The Balaban J connectivity index is 2.23. The van der Waals surface area contributed by atoms with Crippen LogP contribution in [0.25, 0.3) is 0 Å². The van der Waals surface area contributed by atoms with Gasteiger partial charge in [-0.2, -0.15) is 0 Å². The molecule has 0 atom stereocenters. The highest BCUT2D eigenvalue weighted by Gasteiger charge is 2.29. The van der Waals surface area contributed by atoms with Crippen molar-refractivity contribution in [1.82, 2.24) is 5.32 Å². The van der Waals surface area contributed by atoms with Crippen LogP contribution in [0.3, 0.4) is 0 Å². The van der Waals surface area contributed by atoms with Crippen molar-refractivity contribution in [2.45, 2.75) is 19.8 Å². The first-order valence-electron chi connectivity index (χ1n) is 5.82. The van der Waals surface area contributed by atoms with Gasteiger partial charge in [0.2, 0.25) is 10.0 Å². The minimum absolute atomic E-state index is 0.121. The van der Waals surface area contributed by atoms with Crippen LogP contribution in [0.1, 0.15) is 27.9 Å². The van der Waals surface area contributed by atoms with Crippen LogP contribution in [-0.2, 0) is 16.4 Å². The molecule has 2 rings (SSSR count). The maximum atomic E-state index is 11.8. The highest BCUT2D eigenvalue weighted by atomic mass is 32.2. The average Bonchev–Trinajstić information content (AvgIpc) is 2.82. The molecule has 1 aromatic rings. The summed E-state index contributed by atoms with van der Waals surface area (Å²) in [5.41, 5.74) is 0.671. The molecule has 1 aliphatic rings. The first-order valence-corrected chi connectivity index (χ1v) is 8.48. The van der Waals surface area contributed by atoms with Gasteiger partial charge in [-0.15, -0.1) is 11.3 Å². The summed E-state index contributed by atoms with van der Waals surface area (Å²) < 4.78 is 24.5. The summed E-state index contributed by atoms with van der Waals surface area (Å²) in [6.07, 6.45) is 2.76. The standard InChI is InChI=1S/C11H16N2O3S2/c1-3-5-12-11(14)10-7-8-9(17-10)4-6-13(8)18(2,15)16/h7H,3-6H2,1-2H3,(H,12,14). The van der Waals surface area contributed by atoms with Crippen LogP contribution in [0, 0.1) is 0 Å². The molecule has 0 fully saturated rings. The van der Waals surface area contributed by atoms with Gasteiger partial charge in [-0.25, -0.2) is 8.42 Å². The van der Waals surface area contributed by atoms with Crippen molar-refractivity contribution in [1.29, 1.82) is 0 Å². The van der Waals surface area contributed by atoms with Crippen LogP contribution in [0.5, 0.6) is 0 Å². The fourth-order valence-corrected chi connectivity index (χ4v) is 3.98. The molecule has 2 heterocycles. The lowest BCUT2D eigenvalue weighted by molar-refractivity contribution is 0.0957. The molecule has 0 aromatic carbocycles. The summed E-state index contributed by atoms with van der Waals surface area (Å²) in [5, 5.41) is 2.79. The maximum Gasteiger partial charge on any atom is 0.261 e. The fraction of sp³-hybridized carbons (Fsp3) is 0.545. The second kappa shape index (κ2) is 4.89. The van der Waals surface area contributed by atoms with E-state index in [4.69, 9.17) is 0 Å². The Morgan fingerprint density at radius 2 is 2.28 bits per heavy atom. The Bertz CT molecular complexity index is 563. The number of carbonyl (C=O) groups is 1. The highest BCUT2D eigenvalue weighted by molar-refractivity contribution is 7.92. The van der Waals surface area contributed by atoms with Crippen molar-refractivity contribution in [2.75, 3.05) is 23.7 Å². The number of hydrogen-bond acceptors (Lipinski definition) is 4. The summed E-state index contributed by atoms with van der Waals surface area (Å²) in [5.74, 6) is -0.121. The van der Waals surface area contributed by atoms with Crippen LogP contribution < -0.4 is 9.62 Å². The summed E-state index contributed by atoms with van der Waals surface area (Å²) in [6.45, 7) is 3.11. The first-order chi connectivity index (χ1) is 8.43. The van der Waals surface area contributed by atoms with Crippen LogP contribution in [0.2, 0.25) is 0 Å². The van der Waals surface area contributed by atoms with Gasteiger partial charge in [0.15, 0.2) is 0 Å².